The highest BCUT2D eigenvalue weighted by Crippen LogP contribution is 2.26. The number of piperazine rings is 1. The van der Waals surface area contributed by atoms with Gasteiger partial charge >= 0.3 is 0 Å². The fourth-order valence-corrected chi connectivity index (χ4v) is 3.90. The van der Waals surface area contributed by atoms with E-state index >= 15 is 0 Å². The third-order valence-corrected chi connectivity index (χ3v) is 5.56. The Labute approximate surface area is 156 Å². The molecule has 6 nitrogen and oxygen atoms in total. The van der Waals surface area contributed by atoms with Crippen molar-refractivity contribution in [3.63, 3.8) is 0 Å². The summed E-state index contributed by atoms with van der Waals surface area (Å²) in [5, 5.41) is 6.59. The fourth-order valence-electron chi connectivity index (χ4n) is 3.37. The van der Waals surface area contributed by atoms with E-state index in [0.29, 0.717) is 5.13 Å². The van der Waals surface area contributed by atoms with Crippen LogP contribution < -0.4 is 10.2 Å². The normalized spacial score (nSPS) is 16.6. The number of aromatic nitrogens is 2. The van der Waals surface area contributed by atoms with E-state index in [1.807, 2.05) is 30.6 Å². The second-order valence-corrected chi connectivity index (χ2v) is 7.27. The van der Waals surface area contributed by atoms with Crippen molar-refractivity contribution >= 4 is 39.0 Å². The van der Waals surface area contributed by atoms with E-state index < -0.39 is 0 Å². The molecule has 1 N–H and O–H groups in total. The Morgan fingerprint density at radius 1 is 1.12 bits per heavy atom. The molecule has 1 saturated heterocycles. The van der Waals surface area contributed by atoms with Crippen molar-refractivity contribution in [1.29, 1.82) is 0 Å². The molecule has 2 aromatic heterocycles. The number of thiazole rings is 1. The zero-order valence-electron chi connectivity index (χ0n) is 14.6. The molecule has 134 valence electrons. The van der Waals surface area contributed by atoms with Crippen LogP contribution in [0.1, 0.15) is 6.92 Å². The molecule has 0 saturated carbocycles. The lowest BCUT2D eigenvalue weighted by Crippen LogP contribution is -2.52. The van der Waals surface area contributed by atoms with Gasteiger partial charge in [-0.3, -0.25) is 14.7 Å². The summed E-state index contributed by atoms with van der Waals surface area (Å²) >= 11 is 1.44. The fraction of sp³-hybridized carbons (Fsp3) is 0.316. The summed E-state index contributed by atoms with van der Waals surface area (Å²) in [5.41, 5.74) is 2.23. The van der Waals surface area contributed by atoms with Gasteiger partial charge in [0.1, 0.15) is 0 Å². The average molecular weight is 367 g/mol. The van der Waals surface area contributed by atoms with Gasteiger partial charge in [0.15, 0.2) is 5.13 Å². The predicted molar refractivity (Wildman–Crippen MR) is 106 cm³/mol. The minimum atomic E-state index is -0.171. The molecular formula is C19H21N5OS. The predicted octanol–water partition coefficient (Wildman–Crippen LogP) is 2.84. The number of hydrogen-bond acceptors (Lipinski definition) is 6. The molecule has 0 radical (unpaired) electrons. The zero-order chi connectivity index (χ0) is 17.9. The Kier molecular flexibility index (Phi) is 4.81. The number of nitrogens with zero attached hydrogens (tertiary/aromatic N) is 4. The molecular weight excluding hydrogens is 346 g/mol. The Morgan fingerprint density at radius 3 is 2.69 bits per heavy atom. The summed E-state index contributed by atoms with van der Waals surface area (Å²) in [4.78, 5) is 25.6. The Bertz CT molecular complexity index is 885. The Hall–Kier alpha value is -2.51. The van der Waals surface area contributed by atoms with E-state index in [2.05, 4.69) is 43.3 Å². The standard InChI is InChI=1S/C19H21N5OS/c1-14(18(25)22-19-21-8-13-26-19)23-9-11-24(12-10-23)17-6-7-20-16-5-3-2-4-15(16)17/h2-8,13-14H,9-12H2,1H3,(H,21,22,25). The first-order valence-corrected chi connectivity index (χ1v) is 9.63. The molecule has 3 aromatic rings. The van der Waals surface area contributed by atoms with Crippen molar-refractivity contribution < 1.29 is 4.79 Å². The quantitative estimate of drug-likeness (QED) is 0.768. The maximum Gasteiger partial charge on any atom is 0.243 e. The number of fused-ring (bicyclic) bond motifs is 1. The van der Waals surface area contributed by atoms with Crippen LogP contribution in [0, 0.1) is 0 Å². The van der Waals surface area contributed by atoms with Gasteiger partial charge in [-0.25, -0.2) is 4.98 Å². The first-order chi connectivity index (χ1) is 12.7. The van der Waals surface area contributed by atoms with Crippen molar-refractivity contribution in [3.05, 3.63) is 48.1 Å². The molecule has 1 fully saturated rings. The number of rotatable bonds is 4. The SMILES string of the molecule is CC(C(=O)Nc1nccs1)N1CCN(c2ccnc3ccccc23)CC1. The smallest absolute Gasteiger partial charge is 0.243 e. The molecule has 1 atom stereocenters. The number of para-hydroxylation sites is 1. The highest BCUT2D eigenvalue weighted by molar-refractivity contribution is 7.13. The minimum Gasteiger partial charge on any atom is -0.368 e. The van der Waals surface area contributed by atoms with Crippen molar-refractivity contribution in [2.45, 2.75) is 13.0 Å². The van der Waals surface area contributed by atoms with Crippen molar-refractivity contribution in [1.82, 2.24) is 14.9 Å². The molecule has 1 aliphatic rings. The molecule has 1 aliphatic heterocycles. The van der Waals surface area contributed by atoms with Crippen LogP contribution in [0.25, 0.3) is 10.9 Å². The lowest BCUT2D eigenvalue weighted by molar-refractivity contribution is -0.120. The highest BCUT2D eigenvalue weighted by atomic mass is 32.1. The number of benzene rings is 1. The maximum atomic E-state index is 12.4. The summed E-state index contributed by atoms with van der Waals surface area (Å²) in [6.07, 6.45) is 3.57. The molecule has 1 amide bonds. The zero-order valence-corrected chi connectivity index (χ0v) is 15.4. The van der Waals surface area contributed by atoms with E-state index in [4.69, 9.17) is 0 Å². The van der Waals surface area contributed by atoms with Crippen LogP contribution in [0.5, 0.6) is 0 Å². The van der Waals surface area contributed by atoms with Crippen molar-refractivity contribution in [2.24, 2.45) is 0 Å². The van der Waals surface area contributed by atoms with Crippen LogP contribution in [-0.2, 0) is 4.79 Å². The van der Waals surface area contributed by atoms with E-state index in [1.165, 1.54) is 22.4 Å². The van der Waals surface area contributed by atoms with Crippen LogP contribution in [0.3, 0.4) is 0 Å². The number of pyridine rings is 1. The third kappa shape index (κ3) is 3.40. The van der Waals surface area contributed by atoms with Gasteiger partial charge in [-0.05, 0) is 19.1 Å². The largest absolute Gasteiger partial charge is 0.368 e. The molecule has 0 bridgehead atoms. The van der Waals surface area contributed by atoms with E-state index in [-0.39, 0.29) is 11.9 Å². The first-order valence-electron chi connectivity index (χ1n) is 8.75. The average Bonchev–Trinajstić information content (AvgIpc) is 3.20. The number of hydrogen-bond donors (Lipinski definition) is 1. The molecule has 0 spiro atoms. The van der Waals surface area contributed by atoms with Gasteiger partial charge in [0.25, 0.3) is 0 Å². The van der Waals surface area contributed by atoms with Gasteiger partial charge in [-0.2, -0.15) is 0 Å². The lowest BCUT2D eigenvalue weighted by atomic mass is 10.1. The van der Waals surface area contributed by atoms with Gasteiger partial charge in [-0.15, -0.1) is 11.3 Å². The van der Waals surface area contributed by atoms with Crippen molar-refractivity contribution in [2.75, 3.05) is 36.4 Å². The van der Waals surface area contributed by atoms with E-state index in [1.54, 1.807) is 6.20 Å². The summed E-state index contributed by atoms with van der Waals surface area (Å²) in [6.45, 7) is 5.44. The van der Waals surface area contributed by atoms with Crippen LogP contribution in [-0.4, -0.2) is 53.0 Å². The van der Waals surface area contributed by atoms with Crippen molar-refractivity contribution in [3.8, 4) is 0 Å². The summed E-state index contributed by atoms with van der Waals surface area (Å²) in [7, 11) is 0. The Balaban J connectivity index is 1.41. The number of carbonyl (C=O) groups excluding carboxylic acids is 1. The number of anilines is 2. The van der Waals surface area contributed by atoms with E-state index in [9.17, 15) is 4.79 Å². The third-order valence-electron chi connectivity index (χ3n) is 4.87. The van der Waals surface area contributed by atoms with Gasteiger partial charge in [0.05, 0.1) is 11.6 Å². The van der Waals surface area contributed by atoms with Crippen LogP contribution in [0.4, 0.5) is 10.8 Å². The van der Waals surface area contributed by atoms with Gasteiger partial charge in [0.2, 0.25) is 5.91 Å². The molecule has 26 heavy (non-hydrogen) atoms. The molecule has 7 heteroatoms. The summed E-state index contributed by atoms with van der Waals surface area (Å²) in [5.74, 6) is 0.00256. The number of nitrogens with one attached hydrogen (secondary N) is 1. The van der Waals surface area contributed by atoms with Crippen LogP contribution >= 0.6 is 11.3 Å². The van der Waals surface area contributed by atoms with E-state index in [0.717, 1.165) is 31.7 Å². The topological polar surface area (TPSA) is 61.4 Å². The summed E-state index contributed by atoms with van der Waals surface area (Å²) in [6, 6.07) is 10.1. The highest BCUT2D eigenvalue weighted by Gasteiger charge is 2.26. The number of carbonyl (C=O) groups is 1. The molecule has 4 rings (SSSR count). The van der Waals surface area contributed by atoms with Gasteiger partial charge < -0.3 is 10.2 Å². The molecule has 1 aromatic carbocycles. The lowest BCUT2D eigenvalue weighted by Gasteiger charge is -2.38. The molecule has 3 heterocycles. The first kappa shape index (κ1) is 16.9. The van der Waals surface area contributed by atoms with Gasteiger partial charge in [0, 0.05) is 55.0 Å². The maximum absolute atomic E-state index is 12.4. The summed E-state index contributed by atoms with van der Waals surface area (Å²) < 4.78 is 0. The number of amides is 1. The monoisotopic (exact) mass is 367 g/mol. The van der Waals surface area contributed by atoms with Crippen LogP contribution in [0.2, 0.25) is 0 Å². The second kappa shape index (κ2) is 7.39. The Morgan fingerprint density at radius 2 is 1.92 bits per heavy atom. The van der Waals surface area contributed by atoms with Crippen LogP contribution in [0.15, 0.2) is 48.1 Å². The second-order valence-electron chi connectivity index (χ2n) is 6.37. The molecule has 1 unspecified atom stereocenters. The minimum absolute atomic E-state index is 0.00256. The van der Waals surface area contributed by atoms with Gasteiger partial charge in [-0.1, -0.05) is 18.2 Å². The molecule has 0 aliphatic carbocycles.